The third-order valence-electron chi connectivity index (χ3n) is 4.79. The van der Waals surface area contributed by atoms with Crippen molar-refractivity contribution in [2.45, 2.75) is 6.61 Å². The van der Waals surface area contributed by atoms with E-state index in [1.807, 2.05) is 0 Å². The minimum absolute atomic E-state index is 0.0789. The molecule has 1 N–H and O–H groups in total. The number of carbonyl (C=O) groups excluding carboxylic acids is 3. The summed E-state index contributed by atoms with van der Waals surface area (Å²) in [4.78, 5) is 38.6. The van der Waals surface area contributed by atoms with Crippen LogP contribution in [0.2, 0.25) is 10.0 Å². The summed E-state index contributed by atoms with van der Waals surface area (Å²) in [6.07, 6.45) is 1.32. The highest BCUT2D eigenvalue weighted by Crippen LogP contribution is 2.36. The Hall–Kier alpha value is -3.20. The molecule has 0 aliphatic carbocycles. The van der Waals surface area contributed by atoms with Gasteiger partial charge in [0.1, 0.15) is 18.0 Å². The quantitative estimate of drug-likeness (QED) is 0.299. The van der Waals surface area contributed by atoms with E-state index >= 15 is 0 Å². The Bertz CT molecular complexity index is 1320. The van der Waals surface area contributed by atoms with E-state index in [-0.39, 0.29) is 28.7 Å². The molecule has 0 spiro atoms. The maximum Gasteiger partial charge on any atom is 0.335 e. The number of nitrogens with zero attached hydrogens (tertiary/aromatic N) is 1. The van der Waals surface area contributed by atoms with Gasteiger partial charge in [0.25, 0.3) is 11.8 Å². The molecule has 6 nitrogen and oxygen atoms in total. The largest absolute Gasteiger partial charge is 0.486 e. The van der Waals surface area contributed by atoms with Gasteiger partial charge < -0.3 is 4.74 Å². The molecule has 10 heteroatoms. The predicted molar refractivity (Wildman–Crippen MR) is 130 cm³/mol. The van der Waals surface area contributed by atoms with Crippen LogP contribution in [0.1, 0.15) is 11.1 Å². The Morgan fingerprint density at radius 2 is 1.76 bits per heavy atom. The molecule has 0 unspecified atom stereocenters. The molecule has 34 heavy (non-hydrogen) atoms. The van der Waals surface area contributed by atoms with Crippen LogP contribution in [0.5, 0.6) is 5.75 Å². The lowest BCUT2D eigenvalue weighted by atomic mass is 10.1. The van der Waals surface area contributed by atoms with Crippen molar-refractivity contribution in [3.05, 3.63) is 97.7 Å². The molecule has 1 aliphatic rings. The highest BCUT2D eigenvalue weighted by atomic mass is 79.9. The van der Waals surface area contributed by atoms with Gasteiger partial charge in [0.05, 0.1) is 15.2 Å². The highest BCUT2D eigenvalue weighted by molar-refractivity contribution is 9.10. The molecule has 0 saturated carbocycles. The summed E-state index contributed by atoms with van der Waals surface area (Å²) in [6, 6.07) is 14.2. The molecule has 172 valence electrons. The number of halogens is 4. The first kappa shape index (κ1) is 23.9. The van der Waals surface area contributed by atoms with Crippen LogP contribution in [0.25, 0.3) is 6.08 Å². The lowest BCUT2D eigenvalue weighted by Crippen LogP contribution is -2.54. The number of rotatable bonds is 5. The summed E-state index contributed by atoms with van der Waals surface area (Å²) in [5, 5.41) is 2.78. The van der Waals surface area contributed by atoms with E-state index in [4.69, 9.17) is 27.9 Å². The van der Waals surface area contributed by atoms with Gasteiger partial charge in [-0.25, -0.2) is 14.1 Å². The molecule has 1 fully saturated rings. The van der Waals surface area contributed by atoms with Crippen molar-refractivity contribution in [1.82, 2.24) is 5.32 Å². The first-order valence-corrected chi connectivity index (χ1v) is 11.3. The fourth-order valence-electron chi connectivity index (χ4n) is 3.23. The molecular weight excluding hydrogens is 550 g/mol. The number of nitrogens with one attached hydrogen (secondary N) is 1. The van der Waals surface area contributed by atoms with Crippen molar-refractivity contribution in [2.75, 3.05) is 4.90 Å². The average molecular weight is 564 g/mol. The molecule has 3 aromatic rings. The van der Waals surface area contributed by atoms with E-state index in [0.717, 1.165) is 4.90 Å². The summed E-state index contributed by atoms with van der Waals surface area (Å²) in [7, 11) is 0. The minimum atomic E-state index is -0.866. The normalized spacial score (nSPS) is 15.0. The van der Waals surface area contributed by atoms with Crippen LogP contribution in [-0.4, -0.2) is 17.8 Å². The highest BCUT2D eigenvalue weighted by Gasteiger charge is 2.36. The number of ether oxygens (including phenoxy) is 1. The van der Waals surface area contributed by atoms with E-state index in [1.54, 1.807) is 18.2 Å². The third-order valence-corrected chi connectivity index (χ3v) is 5.91. The number of barbiturate groups is 1. The number of amides is 4. The number of urea groups is 1. The van der Waals surface area contributed by atoms with Crippen molar-refractivity contribution in [1.29, 1.82) is 0 Å². The number of hydrogen-bond acceptors (Lipinski definition) is 4. The number of hydrogen-bond donors (Lipinski definition) is 1. The molecule has 0 aromatic heterocycles. The van der Waals surface area contributed by atoms with Crippen LogP contribution in [-0.2, 0) is 16.2 Å². The van der Waals surface area contributed by atoms with Gasteiger partial charge in [-0.3, -0.25) is 14.9 Å². The Balaban J connectivity index is 1.60. The molecule has 1 saturated heterocycles. The zero-order chi connectivity index (χ0) is 24.4. The maximum absolute atomic E-state index is 13.4. The summed E-state index contributed by atoms with van der Waals surface area (Å²) < 4.78 is 19.6. The van der Waals surface area contributed by atoms with E-state index in [9.17, 15) is 18.8 Å². The van der Waals surface area contributed by atoms with Gasteiger partial charge >= 0.3 is 6.03 Å². The summed E-state index contributed by atoms with van der Waals surface area (Å²) in [5.74, 6) is -1.70. The minimum Gasteiger partial charge on any atom is -0.486 e. The van der Waals surface area contributed by atoms with Gasteiger partial charge in [0.15, 0.2) is 5.75 Å². The molecule has 4 amide bonds. The Morgan fingerprint density at radius 3 is 2.44 bits per heavy atom. The summed E-state index contributed by atoms with van der Waals surface area (Å²) >= 11 is 15.6. The van der Waals surface area contributed by atoms with Gasteiger partial charge in [0, 0.05) is 5.02 Å². The zero-order valence-corrected chi connectivity index (χ0v) is 20.2. The predicted octanol–water partition coefficient (Wildman–Crippen LogP) is 6.14. The molecule has 1 heterocycles. The van der Waals surface area contributed by atoms with E-state index in [0.29, 0.717) is 26.4 Å². The molecule has 4 rings (SSSR count). The van der Waals surface area contributed by atoms with Crippen molar-refractivity contribution in [3.8, 4) is 5.75 Å². The lowest BCUT2D eigenvalue weighted by Gasteiger charge is -2.26. The van der Waals surface area contributed by atoms with Crippen LogP contribution in [0.3, 0.4) is 0 Å². The lowest BCUT2D eigenvalue weighted by molar-refractivity contribution is -0.122. The van der Waals surface area contributed by atoms with Crippen LogP contribution >= 0.6 is 39.1 Å². The van der Waals surface area contributed by atoms with Crippen molar-refractivity contribution in [2.24, 2.45) is 0 Å². The second-order valence-electron chi connectivity index (χ2n) is 7.17. The van der Waals surface area contributed by atoms with Gasteiger partial charge in [-0.2, -0.15) is 0 Å². The third kappa shape index (κ3) is 5.14. The molecule has 0 atom stereocenters. The number of anilines is 1. The van der Waals surface area contributed by atoms with E-state index < -0.39 is 17.8 Å². The zero-order valence-electron chi connectivity index (χ0n) is 17.2. The van der Waals surface area contributed by atoms with Gasteiger partial charge in [0.2, 0.25) is 0 Å². The first-order chi connectivity index (χ1) is 16.2. The van der Waals surface area contributed by atoms with Crippen molar-refractivity contribution in [3.63, 3.8) is 0 Å². The fourth-order valence-corrected chi connectivity index (χ4v) is 4.35. The average Bonchev–Trinajstić information content (AvgIpc) is 2.77. The first-order valence-electron chi connectivity index (χ1n) is 9.76. The topological polar surface area (TPSA) is 75.7 Å². The molecule has 3 aromatic carbocycles. The Morgan fingerprint density at radius 1 is 1.03 bits per heavy atom. The van der Waals surface area contributed by atoms with Crippen LogP contribution in [0.15, 0.2) is 70.7 Å². The molecular formula is C24H14BrCl2FN2O4. The number of benzene rings is 3. The summed E-state index contributed by atoms with van der Waals surface area (Å²) in [6.45, 7) is 0.0789. The molecule has 0 radical (unpaired) electrons. The molecule has 0 bridgehead atoms. The molecule has 1 aliphatic heterocycles. The summed E-state index contributed by atoms with van der Waals surface area (Å²) in [5.41, 5.74) is 1.03. The van der Waals surface area contributed by atoms with Crippen molar-refractivity contribution >= 4 is 68.7 Å². The van der Waals surface area contributed by atoms with Crippen LogP contribution < -0.4 is 15.0 Å². The van der Waals surface area contributed by atoms with Gasteiger partial charge in [-0.05, 0) is 81.7 Å². The SMILES string of the molecule is O=C1NC(=O)N(c2ccc(Cl)cc2)C(=O)/C1=C/c1cc(Cl)c(OCc2cccc(F)c2)c(Br)c1. The number of carbonyl (C=O) groups is 3. The smallest absolute Gasteiger partial charge is 0.335 e. The fraction of sp³-hybridized carbons (Fsp3) is 0.0417. The van der Waals surface area contributed by atoms with Gasteiger partial charge in [-0.1, -0.05) is 35.3 Å². The Labute approximate surface area is 212 Å². The second-order valence-corrected chi connectivity index (χ2v) is 8.86. The van der Waals surface area contributed by atoms with E-state index in [2.05, 4.69) is 21.2 Å². The van der Waals surface area contributed by atoms with Crippen molar-refractivity contribution < 1.29 is 23.5 Å². The van der Waals surface area contributed by atoms with Crippen LogP contribution in [0.4, 0.5) is 14.9 Å². The monoisotopic (exact) mass is 562 g/mol. The standard InChI is InChI=1S/C24H14BrCl2FN2O4/c25-19-10-14(11-20(27)21(19)34-12-13-2-1-3-16(28)8-13)9-18-22(31)29-24(33)30(23(18)32)17-6-4-15(26)5-7-17/h1-11H,12H2,(H,29,31,33)/b18-9+. The van der Waals surface area contributed by atoms with Crippen LogP contribution in [0, 0.1) is 5.82 Å². The number of imide groups is 2. The maximum atomic E-state index is 13.4. The second kappa shape index (κ2) is 9.97. The Kier molecular flexibility index (Phi) is 7.02. The van der Waals surface area contributed by atoms with E-state index in [1.165, 1.54) is 48.5 Å². The van der Waals surface area contributed by atoms with Gasteiger partial charge in [-0.15, -0.1) is 0 Å².